The van der Waals surface area contributed by atoms with E-state index >= 15 is 0 Å². The number of nitrogens with zero attached hydrogens (tertiary/aromatic N) is 2. The van der Waals surface area contributed by atoms with E-state index in [0.29, 0.717) is 0 Å². The molecule has 0 aliphatic rings. The van der Waals surface area contributed by atoms with Crippen LogP contribution in [-0.4, -0.2) is 21.0 Å². The zero-order valence-corrected chi connectivity index (χ0v) is 9.82. The summed E-state index contributed by atoms with van der Waals surface area (Å²) in [6, 6.07) is 7.13. The van der Waals surface area contributed by atoms with Gasteiger partial charge < -0.3 is 9.84 Å². The van der Waals surface area contributed by atoms with Gasteiger partial charge >= 0.3 is 17.5 Å². The van der Waals surface area contributed by atoms with Gasteiger partial charge in [0, 0.05) is 6.07 Å². The van der Waals surface area contributed by atoms with Crippen LogP contribution in [0.15, 0.2) is 36.4 Å². The van der Waals surface area contributed by atoms with Crippen molar-refractivity contribution in [2.75, 3.05) is 0 Å². The van der Waals surface area contributed by atoms with Gasteiger partial charge in [0.2, 0.25) is 0 Å². The van der Waals surface area contributed by atoms with Crippen molar-refractivity contribution >= 4 is 11.7 Å². The lowest BCUT2D eigenvalue weighted by molar-refractivity contribution is -0.386. The maximum atomic E-state index is 13.4. The molecule has 1 heterocycles. The van der Waals surface area contributed by atoms with E-state index < -0.39 is 34.0 Å². The van der Waals surface area contributed by atoms with E-state index in [1.54, 1.807) is 0 Å². The van der Waals surface area contributed by atoms with Crippen molar-refractivity contribution in [3.63, 3.8) is 0 Å². The molecule has 102 valence electrons. The van der Waals surface area contributed by atoms with E-state index in [2.05, 4.69) is 4.98 Å². The fourth-order valence-corrected chi connectivity index (χ4v) is 1.40. The number of ether oxygens (including phenoxy) is 1. The molecule has 2 aromatic rings. The zero-order chi connectivity index (χ0) is 14.7. The molecule has 1 aromatic heterocycles. The molecule has 0 spiro atoms. The smallest absolute Gasteiger partial charge is 0.354 e. The lowest BCUT2D eigenvalue weighted by Gasteiger charge is -2.06. The van der Waals surface area contributed by atoms with Crippen LogP contribution in [0.1, 0.15) is 10.5 Å². The van der Waals surface area contributed by atoms with Crippen LogP contribution in [0, 0.1) is 15.9 Å². The van der Waals surface area contributed by atoms with Crippen molar-refractivity contribution in [2.45, 2.75) is 0 Å². The molecule has 7 nitrogen and oxygen atoms in total. The van der Waals surface area contributed by atoms with Gasteiger partial charge in [-0.3, -0.25) is 10.1 Å². The fourth-order valence-electron chi connectivity index (χ4n) is 1.40. The van der Waals surface area contributed by atoms with E-state index in [1.165, 1.54) is 18.2 Å². The molecule has 0 atom stereocenters. The Morgan fingerprint density at radius 2 is 2.00 bits per heavy atom. The molecule has 0 saturated heterocycles. The molecule has 0 aliphatic carbocycles. The quantitative estimate of drug-likeness (QED) is 0.681. The number of pyridine rings is 1. The molecule has 0 aliphatic heterocycles. The van der Waals surface area contributed by atoms with Crippen molar-refractivity contribution < 1.29 is 24.0 Å². The number of halogens is 1. The van der Waals surface area contributed by atoms with E-state index in [-0.39, 0.29) is 5.75 Å². The highest BCUT2D eigenvalue weighted by atomic mass is 19.1. The first kappa shape index (κ1) is 13.4. The van der Waals surface area contributed by atoms with Crippen LogP contribution < -0.4 is 4.74 Å². The standard InChI is InChI=1S/C12H7FN2O5/c13-7-3-1-2-4-10(7)20-11-9(15(18)19)6-5-8(14-11)12(16)17/h1-6H,(H,16,17). The number of para-hydroxylation sites is 1. The molecule has 20 heavy (non-hydrogen) atoms. The highest BCUT2D eigenvalue weighted by Crippen LogP contribution is 2.30. The summed E-state index contributed by atoms with van der Waals surface area (Å²) in [6.07, 6.45) is 0. The average Bonchev–Trinajstić information content (AvgIpc) is 2.41. The minimum Gasteiger partial charge on any atom is -0.477 e. The third-order valence-corrected chi connectivity index (χ3v) is 2.30. The molecule has 1 aromatic carbocycles. The second-order valence-corrected chi connectivity index (χ2v) is 3.62. The van der Waals surface area contributed by atoms with Crippen LogP contribution in [-0.2, 0) is 0 Å². The Kier molecular flexibility index (Phi) is 3.56. The van der Waals surface area contributed by atoms with Gasteiger partial charge in [-0.25, -0.2) is 9.18 Å². The monoisotopic (exact) mass is 278 g/mol. The average molecular weight is 278 g/mol. The normalized spacial score (nSPS) is 10.1. The number of carboxylic acid groups (broad SMARTS) is 1. The van der Waals surface area contributed by atoms with Crippen molar-refractivity contribution in [3.8, 4) is 11.6 Å². The van der Waals surface area contributed by atoms with Gasteiger partial charge in [0.15, 0.2) is 17.3 Å². The number of hydrogen-bond donors (Lipinski definition) is 1. The molecule has 1 N–H and O–H groups in total. The molecule has 0 amide bonds. The maximum absolute atomic E-state index is 13.4. The summed E-state index contributed by atoms with van der Waals surface area (Å²) < 4.78 is 18.4. The molecule has 8 heteroatoms. The van der Waals surface area contributed by atoms with Crippen molar-refractivity contribution in [1.29, 1.82) is 0 Å². The number of aromatic carboxylic acids is 1. The number of hydrogen-bond acceptors (Lipinski definition) is 5. The van der Waals surface area contributed by atoms with Crippen LogP contribution >= 0.6 is 0 Å². The van der Waals surface area contributed by atoms with Gasteiger partial charge in [-0.2, -0.15) is 4.98 Å². The number of carbonyl (C=O) groups is 1. The number of benzene rings is 1. The first-order valence-electron chi connectivity index (χ1n) is 5.30. The third kappa shape index (κ3) is 2.69. The first-order valence-corrected chi connectivity index (χ1v) is 5.30. The summed E-state index contributed by atoms with van der Waals surface area (Å²) in [6.45, 7) is 0. The lowest BCUT2D eigenvalue weighted by atomic mass is 10.3. The summed E-state index contributed by atoms with van der Waals surface area (Å²) in [5.74, 6) is -2.99. The topological polar surface area (TPSA) is 103 Å². The van der Waals surface area contributed by atoms with E-state index in [9.17, 15) is 19.3 Å². The summed E-state index contributed by atoms with van der Waals surface area (Å²) in [5.41, 5.74) is -1.000. The van der Waals surface area contributed by atoms with Gasteiger partial charge in [-0.05, 0) is 18.2 Å². The molecule has 0 radical (unpaired) electrons. The zero-order valence-electron chi connectivity index (χ0n) is 9.82. The molecular formula is C12H7FN2O5. The van der Waals surface area contributed by atoms with Crippen LogP contribution in [0.4, 0.5) is 10.1 Å². The Bertz CT molecular complexity index is 689. The second kappa shape index (κ2) is 5.31. The lowest BCUT2D eigenvalue weighted by Crippen LogP contribution is -2.04. The van der Waals surface area contributed by atoms with Crippen LogP contribution in [0.2, 0.25) is 0 Å². The van der Waals surface area contributed by atoms with E-state index in [1.807, 2.05) is 0 Å². The van der Waals surface area contributed by atoms with Crippen molar-refractivity contribution in [1.82, 2.24) is 4.98 Å². The van der Waals surface area contributed by atoms with Crippen molar-refractivity contribution in [2.24, 2.45) is 0 Å². The van der Waals surface area contributed by atoms with Gasteiger partial charge in [-0.15, -0.1) is 0 Å². The minimum atomic E-state index is -1.38. The molecule has 0 unspecified atom stereocenters. The maximum Gasteiger partial charge on any atom is 0.354 e. The Balaban J connectivity index is 2.48. The first-order chi connectivity index (χ1) is 9.49. The van der Waals surface area contributed by atoms with Gasteiger partial charge in [0.1, 0.15) is 0 Å². The molecule has 0 fully saturated rings. The SMILES string of the molecule is O=C(O)c1ccc([N+](=O)[O-])c(Oc2ccccc2F)n1. The molecule has 0 bridgehead atoms. The fraction of sp³-hybridized carbons (Fsp3) is 0. The van der Waals surface area contributed by atoms with Crippen LogP contribution in [0.25, 0.3) is 0 Å². The summed E-state index contributed by atoms with van der Waals surface area (Å²) >= 11 is 0. The second-order valence-electron chi connectivity index (χ2n) is 3.62. The summed E-state index contributed by atoms with van der Waals surface area (Å²) in [5, 5.41) is 19.6. The van der Waals surface area contributed by atoms with E-state index in [4.69, 9.17) is 9.84 Å². The van der Waals surface area contributed by atoms with Crippen molar-refractivity contribution in [3.05, 3.63) is 58.0 Å². The van der Waals surface area contributed by atoms with Gasteiger partial charge in [0.25, 0.3) is 0 Å². The minimum absolute atomic E-state index is 0.286. The Hall–Kier alpha value is -3.03. The number of rotatable bonds is 4. The molecule has 0 saturated carbocycles. The number of aromatic nitrogens is 1. The third-order valence-electron chi connectivity index (χ3n) is 2.30. The van der Waals surface area contributed by atoms with Crippen LogP contribution in [0.3, 0.4) is 0 Å². The highest BCUT2D eigenvalue weighted by molar-refractivity contribution is 5.85. The summed E-state index contributed by atoms with van der Waals surface area (Å²) in [4.78, 5) is 24.3. The molecular weight excluding hydrogens is 271 g/mol. The van der Waals surface area contributed by atoms with E-state index in [0.717, 1.165) is 18.2 Å². The Morgan fingerprint density at radius 1 is 1.30 bits per heavy atom. The Labute approximate surface area is 111 Å². The highest BCUT2D eigenvalue weighted by Gasteiger charge is 2.21. The summed E-state index contributed by atoms with van der Waals surface area (Å²) in [7, 11) is 0. The van der Waals surface area contributed by atoms with Crippen LogP contribution in [0.5, 0.6) is 11.6 Å². The van der Waals surface area contributed by atoms with Gasteiger partial charge in [0.05, 0.1) is 4.92 Å². The number of nitro groups is 1. The predicted octanol–water partition coefficient (Wildman–Crippen LogP) is 2.62. The largest absolute Gasteiger partial charge is 0.477 e. The number of carboxylic acids is 1. The molecule has 2 rings (SSSR count). The van der Waals surface area contributed by atoms with Gasteiger partial charge in [-0.1, -0.05) is 12.1 Å². The predicted molar refractivity (Wildman–Crippen MR) is 64.3 cm³/mol. The Morgan fingerprint density at radius 3 is 2.60 bits per heavy atom.